The molecule has 0 aromatic rings. The largest absolute Gasteiger partial charge is 0.494 e. The SMILES string of the molecule is O=[N+]([O-])C(CC(CO)([N+](=O)[O-])[N+](=O)[O-])[N+](=O)[O-]. The van der Waals surface area contributed by atoms with Crippen molar-refractivity contribution >= 4 is 0 Å². The van der Waals surface area contributed by atoms with Gasteiger partial charge in [0, 0.05) is 0 Å². The Morgan fingerprint density at radius 1 is 0.941 bits per heavy atom. The fourth-order valence-electron chi connectivity index (χ4n) is 0.914. The molecule has 0 fully saturated rings. The standard InChI is InChI=1S/C4H6N4O9/c9-2-4(7(14)15,8(16)17)1-3(5(10)11)6(12)13/h3,9H,1-2H2. The van der Waals surface area contributed by atoms with E-state index in [1.807, 2.05) is 0 Å². The molecule has 0 aliphatic carbocycles. The number of aliphatic hydroxyl groups is 1. The number of hydrogen-bond acceptors (Lipinski definition) is 9. The summed E-state index contributed by atoms with van der Waals surface area (Å²) < 4.78 is 0. The van der Waals surface area contributed by atoms with Crippen LogP contribution in [0.15, 0.2) is 0 Å². The molecule has 0 saturated heterocycles. The second-order valence-electron chi connectivity index (χ2n) is 2.91. The number of aliphatic hydroxyl groups excluding tert-OH is 1. The van der Waals surface area contributed by atoms with Crippen molar-refractivity contribution in [3.8, 4) is 0 Å². The molecule has 0 rings (SSSR count). The molecule has 0 unspecified atom stereocenters. The first-order chi connectivity index (χ1) is 7.69. The Labute approximate surface area is 91.2 Å². The molecule has 0 amide bonds. The van der Waals surface area contributed by atoms with E-state index in [1.165, 1.54) is 0 Å². The lowest BCUT2D eigenvalue weighted by Crippen LogP contribution is -2.54. The Kier molecular flexibility index (Phi) is 4.33. The zero-order chi connectivity index (χ0) is 13.8. The molecule has 0 radical (unpaired) electrons. The van der Waals surface area contributed by atoms with Crippen LogP contribution in [-0.4, -0.2) is 43.2 Å². The van der Waals surface area contributed by atoms with Crippen molar-refractivity contribution in [1.29, 1.82) is 0 Å². The fraction of sp³-hybridized carbons (Fsp3) is 1.00. The summed E-state index contributed by atoms with van der Waals surface area (Å²) in [6.07, 6.45) is -4.39. The van der Waals surface area contributed by atoms with Crippen LogP contribution in [0.5, 0.6) is 0 Å². The van der Waals surface area contributed by atoms with Gasteiger partial charge in [0.05, 0.1) is 9.85 Å². The number of hydrogen-bond donors (Lipinski definition) is 1. The Morgan fingerprint density at radius 3 is 1.47 bits per heavy atom. The van der Waals surface area contributed by atoms with Crippen LogP contribution in [0.4, 0.5) is 0 Å². The van der Waals surface area contributed by atoms with E-state index in [0.29, 0.717) is 0 Å². The minimum Gasteiger partial charge on any atom is -0.382 e. The molecule has 13 heteroatoms. The topological polar surface area (TPSA) is 193 Å². The summed E-state index contributed by atoms with van der Waals surface area (Å²) >= 11 is 0. The Hall–Kier alpha value is -2.44. The van der Waals surface area contributed by atoms with Crippen LogP contribution in [0.3, 0.4) is 0 Å². The van der Waals surface area contributed by atoms with Gasteiger partial charge in [0.25, 0.3) is 0 Å². The molecular weight excluding hydrogens is 248 g/mol. The Balaban J connectivity index is 5.37. The van der Waals surface area contributed by atoms with E-state index in [-0.39, 0.29) is 0 Å². The van der Waals surface area contributed by atoms with Gasteiger partial charge in [0.15, 0.2) is 6.61 Å². The Morgan fingerprint density at radius 2 is 1.29 bits per heavy atom. The third kappa shape index (κ3) is 2.77. The highest BCUT2D eigenvalue weighted by Gasteiger charge is 2.63. The minimum absolute atomic E-state index is 1.50. The summed E-state index contributed by atoms with van der Waals surface area (Å²) in [7, 11) is 0. The summed E-state index contributed by atoms with van der Waals surface area (Å²) in [4.78, 5) is 35.1. The average molecular weight is 254 g/mol. The van der Waals surface area contributed by atoms with Gasteiger partial charge in [0.2, 0.25) is 6.42 Å². The lowest BCUT2D eigenvalue weighted by Gasteiger charge is -2.13. The molecular formula is C4H6N4O9. The first kappa shape index (κ1) is 14.6. The van der Waals surface area contributed by atoms with Gasteiger partial charge in [-0.1, -0.05) is 0 Å². The zero-order valence-electron chi connectivity index (χ0n) is 7.99. The third-order valence-electron chi connectivity index (χ3n) is 1.93. The van der Waals surface area contributed by atoms with Crippen LogP contribution in [0.2, 0.25) is 0 Å². The highest BCUT2D eigenvalue weighted by Crippen LogP contribution is 2.19. The van der Waals surface area contributed by atoms with Crippen molar-refractivity contribution in [2.24, 2.45) is 0 Å². The monoisotopic (exact) mass is 254 g/mol. The van der Waals surface area contributed by atoms with Crippen molar-refractivity contribution in [3.05, 3.63) is 40.5 Å². The van der Waals surface area contributed by atoms with Gasteiger partial charge in [-0.2, -0.15) is 0 Å². The Bertz CT molecular complexity index is 338. The average Bonchev–Trinajstić information content (AvgIpc) is 2.17. The first-order valence-electron chi connectivity index (χ1n) is 3.86. The normalized spacial score (nSPS) is 11.2. The highest BCUT2D eigenvalue weighted by atomic mass is 16.7. The van der Waals surface area contributed by atoms with Crippen molar-refractivity contribution < 1.29 is 24.8 Å². The predicted octanol–water partition coefficient (Wildman–Crippen LogP) is -1.50. The summed E-state index contributed by atoms with van der Waals surface area (Å²) in [6, 6.07) is 0. The van der Waals surface area contributed by atoms with Gasteiger partial charge < -0.3 is 5.11 Å². The van der Waals surface area contributed by atoms with Crippen molar-refractivity contribution in [2.75, 3.05) is 6.61 Å². The smallest absolute Gasteiger partial charge is 0.382 e. The maximum absolute atomic E-state index is 10.4. The molecule has 0 aromatic carbocycles. The van der Waals surface area contributed by atoms with Crippen LogP contribution < -0.4 is 0 Å². The molecule has 0 bridgehead atoms. The van der Waals surface area contributed by atoms with Crippen LogP contribution in [0, 0.1) is 40.5 Å². The maximum Gasteiger partial charge on any atom is 0.494 e. The molecule has 0 heterocycles. The molecule has 1 N–H and O–H groups in total. The summed E-state index contributed by atoms with van der Waals surface area (Å²) in [5.41, 5.74) is -3.36. The van der Waals surface area contributed by atoms with E-state index in [2.05, 4.69) is 0 Å². The quantitative estimate of drug-likeness (QED) is 0.319. The van der Waals surface area contributed by atoms with Crippen molar-refractivity contribution in [1.82, 2.24) is 0 Å². The molecule has 96 valence electrons. The molecule has 0 aromatic heterocycles. The number of rotatable bonds is 7. The molecule has 0 atom stereocenters. The number of nitrogens with zero attached hydrogens (tertiary/aromatic N) is 4. The van der Waals surface area contributed by atoms with E-state index in [0.717, 1.165) is 0 Å². The summed E-state index contributed by atoms with van der Waals surface area (Å²) in [5, 5.41) is 49.9. The van der Waals surface area contributed by atoms with E-state index in [9.17, 15) is 40.5 Å². The van der Waals surface area contributed by atoms with Crippen LogP contribution >= 0.6 is 0 Å². The second kappa shape index (κ2) is 5.06. The number of nitro groups is 4. The van der Waals surface area contributed by atoms with Crippen LogP contribution in [0.1, 0.15) is 6.42 Å². The van der Waals surface area contributed by atoms with Gasteiger partial charge >= 0.3 is 11.8 Å². The van der Waals surface area contributed by atoms with Gasteiger partial charge in [-0.15, -0.1) is 0 Å². The van der Waals surface area contributed by atoms with Gasteiger partial charge in [-0.05, 0) is 0 Å². The van der Waals surface area contributed by atoms with Gasteiger partial charge in [0.1, 0.15) is 9.85 Å². The van der Waals surface area contributed by atoms with Crippen LogP contribution in [0.25, 0.3) is 0 Å². The predicted molar refractivity (Wildman–Crippen MR) is 46.2 cm³/mol. The second-order valence-corrected chi connectivity index (χ2v) is 2.91. The van der Waals surface area contributed by atoms with Gasteiger partial charge in [-0.3, -0.25) is 40.5 Å². The first-order valence-corrected chi connectivity index (χ1v) is 3.86. The zero-order valence-corrected chi connectivity index (χ0v) is 7.99. The molecule has 0 saturated carbocycles. The van der Waals surface area contributed by atoms with Crippen LogP contribution in [-0.2, 0) is 0 Å². The van der Waals surface area contributed by atoms with Crippen molar-refractivity contribution in [2.45, 2.75) is 18.2 Å². The van der Waals surface area contributed by atoms with Crippen molar-refractivity contribution in [3.63, 3.8) is 0 Å². The lowest BCUT2D eigenvalue weighted by molar-refractivity contribution is -0.825. The molecule has 13 nitrogen and oxygen atoms in total. The molecule has 0 aliphatic rings. The highest BCUT2D eigenvalue weighted by molar-refractivity contribution is 4.67. The van der Waals surface area contributed by atoms with E-state index < -0.39 is 44.5 Å². The molecule has 0 spiro atoms. The minimum atomic E-state index is -3.36. The summed E-state index contributed by atoms with van der Waals surface area (Å²) in [5.74, 6) is 0. The molecule has 17 heavy (non-hydrogen) atoms. The van der Waals surface area contributed by atoms with E-state index in [1.54, 1.807) is 0 Å². The fourth-order valence-corrected chi connectivity index (χ4v) is 0.914. The van der Waals surface area contributed by atoms with Gasteiger partial charge in [-0.25, -0.2) is 0 Å². The molecule has 0 aliphatic heterocycles. The lowest BCUT2D eigenvalue weighted by atomic mass is 10.1. The van der Waals surface area contributed by atoms with E-state index in [4.69, 9.17) is 5.11 Å². The summed E-state index contributed by atoms with van der Waals surface area (Å²) in [6.45, 7) is -1.69. The third-order valence-corrected chi connectivity index (χ3v) is 1.93. The maximum atomic E-state index is 10.4. The van der Waals surface area contributed by atoms with E-state index >= 15 is 0 Å².